The quantitative estimate of drug-likeness (QED) is 0.430. The number of aromatic nitrogens is 2. The van der Waals surface area contributed by atoms with Gasteiger partial charge in [-0.15, -0.1) is 0 Å². The molecule has 0 bridgehead atoms. The van der Waals surface area contributed by atoms with E-state index >= 15 is 0 Å². The highest BCUT2D eigenvalue weighted by molar-refractivity contribution is 5.94. The Morgan fingerprint density at radius 1 is 0.871 bits per heavy atom. The third kappa shape index (κ3) is 5.14. The topological polar surface area (TPSA) is 66.9 Å². The highest BCUT2D eigenvalue weighted by atomic mass is 16.1. The van der Waals surface area contributed by atoms with Crippen molar-refractivity contribution < 1.29 is 4.79 Å². The van der Waals surface area contributed by atoms with Crippen molar-refractivity contribution in [3.8, 4) is 11.3 Å². The summed E-state index contributed by atoms with van der Waals surface area (Å²) in [6.07, 6.45) is 1.54. The SMILES string of the molecule is Cc1ccc(C(C)NC(=O)c2ccc(Nc3cc(-c4ccccc4)ncn3)cc2)cc1. The van der Waals surface area contributed by atoms with E-state index in [1.807, 2.05) is 74.5 Å². The average Bonchev–Trinajstić information content (AvgIpc) is 2.81. The summed E-state index contributed by atoms with van der Waals surface area (Å²) in [6.45, 7) is 4.03. The van der Waals surface area contributed by atoms with Crippen LogP contribution in [0.2, 0.25) is 0 Å². The smallest absolute Gasteiger partial charge is 0.251 e. The van der Waals surface area contributed by atoms with Gasteiger partial charge in [-0.25, -0.2) is 9.97 Å². The maximum absolute atomic E-state index is 12.6. The normalized spacial score (nSPS) is 11.5. The molecule has 1 aromatic heterocycles. The Bertz CT molecular complexity index is 1160. The number of nitrogens with zero attached hydrogens (tertiary/aromatic N) is 2. The van der Waals surface area contributed by atoms with Crippen LogP contribution in [0.3, 0.4) is 0 Å². The summed E-state index contributed by atoms with van der Waals surface area (Å²) in [5, 5.41) is 6.32. The van der Waals surface area contributed by atoms with Crippen molar-refractivity contribution in [2.24, 2.45) is 0 Å². The summed E-state index contributed by atoms with van der Waals surface area (Å²) in [6, 6.07) is 27.3. The van der Waals surface area contributed by atoms with Gasteiger partial charge >= 0.3 is 0 Å². The van der Waals surface area contributed by atoms with Crippen molar-refractivity contribution in [3.05, 3.63) is 108 Å². The number of hydrogen-bond acceptors (Lipinski definition) is 4. The lowest BCUT2D eigenvalue weighted by molar-refractivity contribution is 0.0940. The molecular weight excluding hydrogens is 384 g/mol. The van der Waals surface area contributed by atoms with Crippen LogP contribution in [0.25, 0.3) is 11.3 Å². The summed E-state index contributed by atoms with van der Waals surface area (Å²) in [7, 11) is 0. The molecule has 31 heavy (non-hydrogen) atoms. The molecule has 0 radical (unpaired) electrons. The Labute approximate surface area is 182 Å². The second-order valence-electron chi connectivity index (χ2n) is 7.46. The number of carbonyl (C=O) groups is 1. The largest absolute Gasteiger partial charge is 0.346 e. The number of carbonyl (C=O) groups excluding carboxylic acids is 1. The second-order valence-corrected chi connectivity index (χ2v) is 7.46. The first-order valence-corrected chi connectivity index (χ1v) is 10.2. The fraction of sp³-hybridized carbons (Fsp3) is 0.115. The molecule has 4 rings (SSSR count). The molecule has 154 valence electrons. The van der Waals surface area contributed by atoms with E-state index in [0.717, 1.165) is 22.5 Å². The van der Waals surface area contributed by atoms with E-state index in [4.69, 9.17) is 0 Å². The van der Waals surface area contributed by atoms with Gasteiger partial charge in [0.25, 0.3) is 5.91 Å². The molecule has 0 spiro atoms. The van der Waals surface area contributed by atoms with Crippen molar-refractivity contribution in [1.82, 2.24) is 15.3 Å². The summed E-state index contributed by atoms with van der Waals surface area (Å²) in [4.78, 5) is 21.3. The summed E-state index contributed by atoms with van der Waals surface area (Å²) in [5.41, 5.74) is 5.61. The maximum Gasteiger partial charge on any atom is 0.251 e. The first-order chi connectivity index (χ1) is 15.1. The standard InChI is InChI=1S/C26H24N4O/c1-18-8-10-20(11-9-18)19(2)29-26(31)22-12-14-23(15-13-22)30-25-16-24(27-17-28-25)21-6-4-3-5-7-21/h3-17,19H,1-2H3,(H,29,31)(H,27,28,30). The van der Waals surface area contributed by atoms with Crippen LogP contribution in [0.4, 0.5) is 11.5 Å². The monoisotopic (exact) mass is 408 g/mol. The zero-order valence-corrected chi connectivity index (χ0v) is 17.5. The molecule has 4 aromatic rings. The van der Waals surface area contributed by atoms with Gasteiger partial charge in [0.05, 0.1) is 11.7 Å². The Kier molecular flexibility index (Phi) is 6.03. The third-order valence-electron chi connectivity index (χ3n) is 5.08. The molecule has 1 amide bonds. The first kappa shape index (κ1) is 20.3. The third-order valence-corrected chi connectivity index (χ3v) is 5.08. The number of anilines is 2. The van der Waals surface area contributed by atoms with Crippen LogP contribution in [-0.2, 0) is 0 Å². The summed E-state index contributed by atoms with van der Waals surface area (Å²) in [5.74, 6) is 0.590. The fourth-order valence-electron chi connectivity index (χ4n) is 3.26. The van der Waals surface area contributed by atoms with Crippen molar-refractivity contribution in [2.75, 3.05) is 5.32 Å². The van der Waals surface area contributed by atoms with Crippen LogP contribution >= 0.6 is 0 Å². The number of nitrogens with one attached hydrogen (secondary N) is 2. The Morgan fingerprint density at radius 2 is 1.58 bits per heavy atom. The van der Waals surface area contributed by atoms with E-state index in [-0.39, 0.29) is 11.9 Å². The van der Waals surface area contributed by atoms with Gasteiger partial charge in [-0.3, -0.25) is 4.79 Å². The molecule has 0 saturated heterocycles. The number of rotatable bonds is 6. The number of benzene rings is 3. The Morgan fingerprint density at radius 3 is 2.29 bits per heavy atom. The van der Waals surface area contributed by atoms with Gasteiger partial charge in [-0.2, -0.15) is 0 Å². The number of hydrogen-bond donors (Lipinski definition) is 2. The van der Waals surface area contributed by atoms with Crippen LogP contribution < -0.4 is 10.6 Å². The van der Waals surface area contributed by atoms with Crippen LogP contribution in [-0.4, -0.2) is 15.9 Å². The molecule has 1 heterocycles. The lowest BCUT2D eigenvalue weighted by Gasteiger charge is -2.15. The van der Waals surface area contributed by atoms with Gasteiger partial charge in [0, 0.05) is 22.9 Å². The van der Waals surface area contributed by atoms with E-state index in [2.05, 4.69) is 32.7 Å². The van der Waals surface area contributed by atoms with E-state index in [1.165, 1.54) is 5.56 Å². The summed E-state index contributed by atoms with van der Waals surface area (Å²) >= 11 is 0. The van der Waals surface area contributed by atoms with Crippen LogP contribution in [0.1, 0.15) is 34.5 Å². The minimum atomic E-state index is -0.104. The van der Waals surface area contributed by atoms with Crippen molar-refractivity contribution >= 4 is 17.4 Å². The first-order valence-electron chi connectivity index (χ1n) is 10.2. The molecule has 0 aliphatic rings. The molecule has 5 nitrogen and oxygen atoms in total. The molecule has 0 aliphatic carbocycles. The maximum atomic E-state index is 12.6. The zero-order valence-electron chi connectivity index (χ0n) is 17.5. The number of amides is 1. The zero-order chi connectivity index (χ0) is 21.6. The van der Waals surface area contributed by atoms with E-state index < -0.39 is 0 Å². The minimum Gasteiger partial charge on any atom is -0.346 e. The molecule has 0 aliphatic heterocycles. The van der Waals surface area contributed by atoms with E-state index in [0.29, 0.717) is 11.4 Å². The van der Waals surface area contributed by atoms with Gasteiger partial charge < -0.3 is 10.6 Å². The average molecular weight is 409 g/mol. The lowest BCUT2D eigenvalue weighted by Crippen LogP contribution is -2.26. The van der Waals surface area contributed by atoms with E-state index in [1.54, 1.807) is 18.5 Å². The van der Waals surface area contributed by atoms with Crippen molar-refractivity contribution in [1.29, 1.82) is 0 Å². The summed E-state index contributed by atoms with van der Waals surface area (Å²) < 4.78 is 0. The highest BCUT2D eigenvalue weighted by Gasteiger charge is 2.11. The van der Waals surface area contributed by atoms with Crippen molar-refractivity contribution in [3.63, 3.8) is 0 Å². The molecule has 2 N–H and O–H groups in total. The number of aryl methyl sites for hydroxylation is 1. The molecule has 5 heteroatoms. The predicted octanol–water partition coefficient (Wildman–Crippen LogP) is 5.69. The minimum absolute atomic E-state index is 0.0664. The Hall–Kier alpha value is -3.99. The lowest BCUT2D eigenvalue weighted by atomic mass is 10.1. The van der Waals surface area contributed by atoms with Gasteiger partial charge in [0.15, 0.2) is 0 Å². The highest BCUT2D eigenvalue weighted by Crippen LogP contribution is 2.21. The van der Waals surface area contributed by atoms with Gasteiger partial charge in [0.2, 0.25) is 0 Å². The van der Waals surface area contributed by atoms with Gasteiger partial charge in [0.1, 0.15) is 12.1 Å². The van der Waals surface area contributed by atoms with Crippen molar-refractivity contribution in [2.45, 2.75) is 19.9 Å². The Balaban J connectivity index is 1.41. The molecule has 3 aromatic carbocycles. The second kappa shape index (κ2) is 9.22. The predicted molar refractivity (Wildman–Crippen MR) is 124 cm³/mol. The van der Waals surface area contributed by atoms with Gasteiger partial charge in [-0.1, -0.05) is 60.2 Å². The van der Waals surface area contributed by atoms with Gasteiger partial charge in [-0.05, 0) is 43.7 Å². The molecule has 0 fully saturated rings. The van der Waals surface area contributed by atoms with Crippen LogP contribution in [0.15, 0.2) is 91.3 Å². The molecule has 1 atom stereocenters. The fourth-order valence-corrected chi connectivity index (χ4v) is 3.26. The van der Waals surface area contributed by atoms with E-state index in [9.17, 15) is 4.79 Å². The van der Waals surface area contributed by atoms with Crippen LogP contribution in [0, 0.1) is 6.92 Å². The molecular formula is C26H24N4O. The molecule has 0 saturated carbocycles. The van der Waals surface area contributed by atoms with Crippen LogP contribution in [0.5, 0.6) is 0 Å². The molecule has 1 unspecified atom stereocenters.